The summed E-state index contributed by atoms with van der Waals surface area (Å²) >= 11 is 1.58. The number of pyridine rings is 1. The number of amides is 1. The van der Waals surface area contributed by atoms with E-state index in [1.807, 2.05) is 53.2 Å². The van der Waals surface area contributed by atoms with E-state index in [9.17, 15) is 4.79 Å². The van der Waals surface area contributed by atoms with Gasteiger partial charge in [0.15, 0.2) is 5.82 Å². The van der Waals surface area contributed by atoms with Crippen LogP contribution in [0.25, 0.3) is 32.9 Å². The smallest absolute Gasteiger partial charge is 0.242 e. The zero-order valence-corrected chi connectivity index (χ0v) is 18.6. The molecular formula is C24H23N5O2S. The van der Waals surface area contributed by atoms with Crippen LogP contribution in [-0.2, 0) is 9.53 Å². The van der Waals surface area contributed by atoms with Crippen molar-refractivity contribution in [2.75, 3.05) is 44.8 Å². The van der Waals surface area contributed by atoms with Gasteiger partial charge in [-0.2, -0.15) is 0 Å². The maximum Gasteiger partial charge on any atom is 0.242 e. The summed E-state index contributed by atoms with van der Waals surface area (Å²) in [6, 6.07) is 15.9. The van der Waals surface area contributed by atoms with Crippen LogP contribution in [0.1, 0.15) is 0 Å². The van der Waals surface area contributed by atoms with Crippen molar-refractivity contribution in [3.63, 3.8) is 0 Å². The van der Waals surface area contributed by atoms with Crippen molar-refractivity contribution in [3.05, 3.63) is 60.1 Å². The average Bonchev–Trinajstić information content (AvgIpc) is 3.29. The van der Waals surface area contributed by atoms with Gasteiger partial charge in [-0.25, -0.2) is 9.97 Å². The van der Waals surface area contributed by atoms with Crippen LogP contribution in [-0.4, -0.2) is 65.7 Å². The third kappa shape index (κ3) is 4.06. The highest BCUT2D eigenvalue weighted by Gasteiger charge is 2.23. The Morgan fingerprint density at radius 1 is 1.09 bits per heavy atom. The van der Waals surface area contributed by atoms with Crippen LogP contribution in [0.2, 0.25) is 0 Å². The number of benzene rings is 1. The highest BCUT2D eigenvalue weighted by molar-refractivity contribution is 7.17. The molecule has 3 aromatic heterocycles. The van der Waals surface area contributed by atoms with Gasteiger partial charge in [-0.1, -0.05) is 36.4 Å². The second kappa shape index (κ2) is 9.02. The number of carbonyl (C=O) groups is 1. The summed E-state index contributed by atoms with van der Waals surface area (Å²) in [7, 11) is 1.91. The highest BCUT2D eigenvalue weighted by atomic mass is 32.1. The SMILES string of the molecule is CN(CC(=O)N1CCOCC1)c1nc(-c2ccccn2)nc2scc(-c3ccccc3)c12. The number of nitrogens with zero attached hydrogens (tertiary/aromatic N) is 5. The topological polar surface area (TPSA) is 71.5 Å². The van der Waals surface area contributed by atoms with E-state index < -0.39 is 0 Å². The lowest BCUT2D eigenvalue weighted by Crippen LogP contribution is -2.45. The van der Waals surface area contributed by atoms with Crippen LogP contribution >= 0.6 is 11.3 Å². The monoisotopic (exact) mass is 445 g/mol. The predicted molar refractivity (Wildman–Crippen MR) is 127 cm³/mol. The van der Waals surface area contributed by atoms with E-state index in [1.165, 1.54) is 0 Å². The fourth-order valence-corrected chi connectivity index (χ4v) is 4.77. The van der Waals surface area contributed by atoms with E-state index in [4.69, 9.17) is 14.7 Å². The van der Waals surface area contributed by atoms with Crippen molar-refractivity contribution in [1.29, 1.82) is 0 Å². The quantitative estimate of drug-likeness (QED) is 0.466. The maximum absolute atomic E-state index is 12.9. The van der Waals surface area contributed by atoms with Crippen molar-refractivity contribution in [2.24, 2.45) is 0 Å². The van der Waals surface area contributed by atoms with Crippen LogP contribution < -0.4 is 4.90 Å². The molecule has 0 atom stereocenters. The van der Waals surface area contributed by atoms with Crippen molar-refractivity contribution in [1.82, 2.24) is 19.9 Å². The predicted octanol–water partition coefficient (Wildman–Crippen LogP) is 3.72. The minimum Gasteiger partial charge on any atom is -0.378 e. The number of carbonyl (C=O) groups excluding carboxylic acids is 1. The summed E-state index contributed by atoms with van der Waals surface area (Å²) in [5.41, 5.74) is 2.87. The van der Waals surface area contributed by atoms with Crippen LogP contribution in [0.4, 0.5) is 5.82 Å². The van der Waals surface area contributed by atoms with Gasteiger partial charge in [0.2, 0.25) is 5.91 Å². The second-order valence-corrected chi connectivity index (χ2v) is 8.49. The number of rotatable bonds is 5. The number of hydrogen-bond acceptors (Lipinski definition) is 7. The lowest BCUT2D eigenvalue weighted by Gasteiger charge is -2.29. The van der Waals surface area contributed by atoms with Gasteiger partial charge in [0, 0.05) is 37.3 Å². The molecule has 1 aliphatic rings. The summed E-state index contributed by atoms with van der Waals surface area (Å²) in [6.45, 7) is 2.65. The molecule has 4 heterocycles. The van der Waals surface area contributed by atoms with Crippen molar-refractivity contribution in [2.45, 2.75) is 0 Å². The molecule has 5 rings (SSSR count). The molecule has 1 aromatic carbocycles. The van der Waals surface area contributed by atoms with Crippen LogP contribution in [0.5, 0.6) is 0 Å². The Labute approximate surface area is 190 Å². The first kappa shape index (κ1) is 20.5. The summed E-state index contributed by atoms with van der Waals surface area (Å²) in [5.74, 6) is 1.36. The molecule has 7 nitrogen and oxygen atoms in total. The Morgan fingerprint density at radius 2 is 1.88 bits per heavy atom. The zero-order chi connectivity index (χ0) is 21.9. The van der Waals surface area contributed by atoms with Gasteiger partial charge in [-0.05, 0) is 17.7 Å². The Hall–Kier alpha value is -3.36. The molecule has 1 fully saturated rings. The molecule has 0 spiro atoms. The number of thiophene rings is 1. The highest BCUT2D eigenvalue weighted by Crippen LogP contribution is 2.39. The van der Waals surface area contributed by atoms with Gasteiger partial charge >= 0.3 is 0 Å². The molecule has 4 aromatic rings. The Bertz CT molecular complexity index is 1220. The average molecular weight is 446 g/mol. The minimum absolute atomic E-state index is 0.0680. The van der Waals surface area contributed by atoms with Gasteiger partial charge in [-0.15, -0.1) is 11.3 Å². The summed E-state index contributed by atoms with van der Waals surface area (Å²) in [4.78, 5) is 31.7. The lowest BCUT2D eigenvalue weighted by molar-refractivity contribution is -0.133. The number of aromatic nitrogens is 3. The molecule has 0 aliphatic carbocycles. The standard InChI is InChI=1S/C24H23N5O2S/c1-28(15-20(30)29-11-13-31-14-12-29)23-21-18(17-7-3-2-4-8-17)16-32-24(21)27-22(26-23)19-9-5-6-10-25-19/h2-10,16H,11-15H2,1H3. The summed E-state index contributed by atoms with van der Waals surface area (Å²) < 4.78 is 5.38. The Kier molecular flexibility index (Phi) is 5.79. The van der Waals surface area contributed by atoms with Gasteiger partial charge in [0.05, 0.1) is 25.1 Å². The second-order valence-electron chi connectivity index (χ2n) is 7.63. The van der Waals surface area contributed by atoms with E-state index in [0.717, 1.165) is 27.2 Å². The molecule has 32 heavy (non-hydrogen) atoms. The number of likely N-dealkylation sites (N-methyl/N-ethyl adjacent to an activating group) is 1. The Morgan fingerprint density at radius 3 is 2.62 bits per heavy atom. The van der Waals surface area contributed by atoms with Crippen molar-refractivity contribution < 1.29 is 9.53 Å². The van der Waals surface area contributed by atoms with Crippen LogP contribution in [0.15, 0.2) is 60.1 Å². The molecule has 1 amide bonds. The molecule has 8 heteroatoms. The first-order valence-corrected chi connectivity index (χ1v) is 11.4. The fourth-order valence-electron chi connectivity index (χ4n) is 3.83. The molecule has 0 bridgehead atoms. The van der Waals surface area contributed by atoms with Gasteiger partial charge in [0.25, 0.3) is 0 Å². The van der Waals surface area contributed by atoms with E-state index in [2.05, 4.69) is 22.5 Å². The van der Waals surface area contributed by atoms with E-state index >= 15 is 0 Å². The van der Waals surface area contributed by atoms with Crippen LogP contribution in [0, 0.1) is 0 Å². The normalized spacial score (nSPS) is 14.0. The third-order valence-corrected chi connectivity index (χ3v) is 6.36. The molecular weight excluding hydrogens is 422 g/mol. The molecule has 162 valence electrons. The van der Waals surface area contributed by atoms with E-state index in [1.54, 1.807) is 17.5 Å². The number of anilines is 1. The van der Waals surface area contributed by atoms with Crippen LogP contribution in [0.3, 0.4) is 0 Å². The van der Waals surface area contributed by atoms with E-state index in [-0.39, 0.29) is 12.5 Å². The van der Waals surface area contributed by atoms with Gasteiger partial charge in [0.1, 0.15) is 16.3 Å². The maximum atomic E-state index is 12.9. The molecule has 1 saturated heterocycles. The molecule has 0 N–H and O–H groups in total. The Balaban J connectivity index is 1.59. The number of hydrogen-bond donors (Lipinski definition) is 0. The van der Waals surface area contributed by atoms with Gasteiger partial charge < -0.3 is 14.5 Å². The van der Waals surface area contributed by atoms with Crippen molar-refractivity contribution >= 4 is 33.3 Å². The summed E-state index contributed by atoms with van der Waals surface area (Å²) in [6.07, 6.45) is 1.73. The minimum atomic E-state index is 0.0680. The molecule has 0 saturated carbocycles. The zero-order valence-electron chi connectivity index (χ0n) is 17.8. The molecule has 0 radical (unpaired) electrons. The van der Waals surface area contributed by atoms with Crippen molar-refractivity contribution in [3.8, 4) is 22.6 Å². The fraction of sp³-hybridized carbons (Fsp3) is 0.250. The van der Waals surface area contributed by atoms with Gasteiger partial charge in [-0.3, -0.25) is 9.78 Å². The molecule has 1 aliphatic heterocycles. The third-order valence-electron chi connectivity index (χ3n) is 5.49. The summed E-state index contributed by atoms with van der Waals surface area (Å²) in [5, 5.41) is 3.07. The largest absolute Gasteiger partial charge is 0.378 e. The number of ether oxygens (including phenoxy) is 1. The lowest BCUT2D eigenvalue weighted by atomic mass is 10.1. The first-order chi connectivity index (χ1) is 15.7. The van der Waals surface area contributed by atoms with E-state index in [0.29, 0.717) is 37.8 Å². The first-order valence-electron chi connectivity index (χ1n) is 10.5. The molecule has 0 unspecified atom stereocenters. The number of fused-ring (bicyclic) bond motifs is 1. The number of morpholine rings is 1.